The molecule has 0 aliphatic carbocycles. The molecule has 0 saturated heterocycles. The highest BCUT2D eigenvalue weighted by atomic mass is 19.1. The molecule has 1 heterocycles. The van der Waals surface area contributed by atoms with Crippen LogP contribution in [-0.2, 0) is 0 Å². The van der Waals surface area contributed by atoms with E-state index in [1.807, 2.05) is 0 Å². The predicted octanol–water partition coefficient (Wildman–Crippen LogP) is 2.89. The summed E-state index contributed by atoms with van der Waals surface area (Å²) in [5, 5.41) is 0. The highest BCUT2D eigenvalue weighted by Crippen LogP contribution is 2.22. The number of hydrogen-bond acceptors (Lipinski definition) is 3. The number of imide groups is 1. The van der Waals surface area contributed by atoms with Crippen LogP contribution in [0.1, 0.15) is 27.1 Å². The standard InChI is InChI=1S/C17H14FNO3/c18-14-8-3-4-9-15(14)22-11-5-10-19-16(20)12-6-1-2-7-13(12)17(19)21/h1-4,6-9H,5,10-11H2. The number of para-hydroxylation sites is 1. The molecular weight excluding hydrogens is 285 g/mol. The number of nitrogens with zero attached hydrogens (tertiary/aromatic N) is 1. The van der Waals surface area contributed by atoms with Crippen LogP contribution >= 0.6 is 0 Å². The molecule has 0 unspecified atom stereocenters. The van der Waals surface area contributed by atoms with E-state index in [0.717, 1.165) is 0 Å². The van der Waals surface area contributed by atoms with Gasteiger partial charge in [-0.1, -0.05) is 24.3 Å². The molecule has 2 aromatic rings. The quantitative estimate of drug-likeness (QED) is 0.630. The average Bonchev–Trinajstić information content (AvgIpc) is 2.78. The normalized spacial score (nSPS) is 13.4. The van der Waals surface area contributed by atoms with E-state index < -0.39 is 5.82 Å². The van der Waals surface area contributed by atoms with Crippen molar-refractivity contribution in [3.05, 3.63) is 65.5 Å². The van der Waals surface area contributed by atoms with E-state index in [9.17, 15) is 14.0 Å². The lowest BCUT2D eigenvalue weighted by atomic mass is 10.1. The zero-order valence-electron chi connectivity index (χ0n) is 11.8. The molecule has 3 rings (SSSR count). The molecule has 0 saturated carbocycles. The largest absolute Gasteiger partial charge is 0.490 e. The summed E-state index contributed by atoms with van der Waals surface area (Å²) in [6, 6.07) is 12.9. The van der Waals surface area contributed by atoms with Crippen molar-refractivity contribution in [1.29, 1.82) is 0 Å². The number of halogens is 1. The SMILES string of the molecule is O=C1c2ccccc2C(=O)N1CCCOc1ccccc1F. The fourth-order valence-electron chi connectivity index (χ4n) is 2.41. The Morgan fingerprint density at radius 3 is 2.14 bits per heavy atom. The van der Waals surface area contributed by atoms with Crippen molar-refractivity contribution in [3.63, 3.8) is 0 Å². The van der Waals surface area contributed by atoms with Crippen molar-refractivity contribution in [1.82, 2.24) is 4.90 Å². The van der Waals surface area contributed by atoms with Crippen LogP contribution in [0.2, 0.25) is 0 Å². The lowest BCUT2D eigenvalue weighted by molar-refractivity contribution is 0.0646. The fraction of sp³-hybridized carbons (Fsp3) is 0.176. The summed E-state index contributed by atoms with van der Waals surface area (Å²) in [7, 11) is 0. The first kappa shape index (κ1) is 14.3. The van der Waals surface area contributed by atoms with E-state index in [2.05, 4.69) is 0 Å². The fourth-order valence-corrected chi connectivity index (χ4v) is 2.41. The Labute approximate surface area is 127 Å². The first-order chi connectivity index (χ1) is 10.7. The van der Waals surface area contributed by atoms with Crippen molar-refractivity contribution >= 4 is 11.8 Å². The number of hydrogen-bond donors (Lipinski definition) is 0. The van der Waals surface area contributed by atoms with Crippen LogP contribution < -0.4 is 4.74 Å². The number of carbonyl (C=O) groups is 2. The minimum atomic E-state index is -0.428. The van der Waals surface area contributed by atoms with Gasteiger partial charge in [-0.15, -0.1) is 0 Å². The van der Waals surface area contributed by atoms with Crippen molar-refractivity contribution in [2.75, 3.05) is 13.2 Å². The predicted molar refractivity (Wildman–Crippen MR) is 78.3 cm³/mol. The van der Waals surface area contributed by atoms with Gasteiger partial charge in [0.2, 0.25) is 0 Å². The minimum absolute atomic E-state index is 0.171. The van der Waals surface area contributed by atoms with Crippen LogP contribution in [-0.4, -0.2) is 29.9 Å². The topological polar surface area (TPSA) is 46.6 Å². The lowest BCUT2D eigenvalue weighted by Crippen LogP contribution is -2.31. The van der Waals surface area contributed by atoms with Crippen molar-refractivity contribution in [2.45, 2.75) is 6.42 Å². The van der Waals surface area contributed by atoms with Gasteiger partial charge >= 0.3 is 0 Å². The highest BCUT2D eigenvalue weighted by molar-refractivity contribution is 6.21. The molecule has 112 valence electrons. The Hall–Kier alpha value is -2.69. The zero-order valence-corrected chi connectivity index (χ0v) is 11.8. The van der Waals surface area contributed by atoms with E-state index in [-0.39, 0.29) is 30.7 Å². The second-order valence-electron chi connectivity index (χ2n) is 4.94. The van der Waals surface area contributed by atoms with E-state index in [0.29, 0.717) is 17.5 Å². The van der Waals surface area contributed by atoms with Gasteiger partial charge in [0.05, 0.1) is 17.7 Å². The molecule has 0 bridgehead atoms. The van der Waals surface area contributed by atoms with Crippen molar-refractivity contribution in [2.24, 2.45) is 0 Å². The van der Waals surface area contributed by atoms with Gasteiger partial charge in [0.15, 0.2) is 11.6 Å². The number of carbonyl (C=O) groups excluding carboxylic acids is 2. The molecule has 0 atom stereocenters. The summed E-state index contributed by atoms with van der Waals surface area (Å²) in [6.07, 6.45) is 0.444. The molecule has 5 heteroatoms. The summed E-state index contributed by atoms with van der Waals surface area (Å²) in [4.78, 5) is 25.5. The van der Waals surface area contributed by atoms with E-state index in [1.165, 1.54) is 17.0 Å². The summed E-state index contributed by atoms with van der Waals surface area (Å²) in [5.41, 5.74) is 0.866. The van der Waals surface area contributed by atoms with Crippen molar-refractivity contribution < 1.29 is 18.7 Å². The molecule has 4 nitrogen and oxygen atoms in total. The molecule has 2 aromatic carbocycles. The first-order valence-corrected chi connectivity index (χ1v) is 7.01. The number of ether oxygens (including phenoxy) is 1. The molecule has 0 aromatic heterocycles. The van der Waals surface area contributed by atoms with Gasteiger partial charge in [0, 0.05) is 6.54 Å². The molecule has 0 radical (unpaired) electrons. The van der Waals surface area contributed by atoms with Crippen molar-refractivity contribution in [3.8, 4) is 5.75 Å². The Morgan fingerprint density at radius 2 is 1.50 bits per heavy atom. The Balaban J connectivity index is 1.56. The van der Waals surface area contributed by atoms with Gasteiger partial charge in [-0.2, -0.15) is 0 Å². The molecule has 0 N–H and O–H groups in total. The number of rotatable bonds is 5. The molecule has 0 fully saturated rings. The summed E-state index contributed by atoms with van der Waals surface area (Å²) in [6.45, 7) is 0.481. The van der Waals surface area contributed by atoms with E-state index in [4.69, 9.17) is 4.74 Å². The maximum absolute atomic E-state index is 13.4. The molecule has 0 spiro atoms. The zero-order chi connectivity index (χ0) is 15.5. The average molecular weight is 299 g/mol. The minimum Gasteiger partial charge on any atom is -0.490 e. The van der Waals surface area contributed by atoms with Gasteiger partial charge in [-0.3, -0.25) is 14.5 Å². The van der Waals surface area contributed by atoms with Gasteiger partial charge in [0.25, 0.3) is 11.8 Å². The first-order valence-electron chi connectivity index (χ1n) is 7.01. The van der Waals surface area contributed by atoms with Crippen LogP contribution in [0.3, 0.4) is 0 Å². The monoisotopic (exact) mass is 299 g/mol. The van der Waals surface area contributed by atoms with Crippen LogP contribution in [0.15, 0.2) is 48.5 Å². The maximum Gasteiger partial charge on any atom is 0.261 e. The van der Waals surface area contributed by atoms with Crippen LogP contribution in [0.5, 0.6) is 5.75 Å². The third-order valence-electron chi connectivity index (χ3n) is 3.50. The third-order valence-corrected chi connectivity index (χ3v) is 3.50. The summed E-state index contributed by atoms with van der Waals surface area (Å²) >= 11 is 0. The summed E-state index contributed by atoms with van der Waals surface area (Å²) < 4.78 is 18.7. The van der Waals surface area contributed by atoms with E-state index in [1.54, 1.807) is 36.4 Å². The van der Waals surface area contributed by atoms with Gasteiger partial charge in [-0.25, -0.2) is 4.39 Å². The van der Waals surface area contributed by atoms with Crippen LogP contribution in [0.4, 0.5) is 4.39 Å². The molecular formula is C17H14FNO3. The van der Waals surface area contributed by atoms with E-state index >= 15 is 0 Å². The number of amides is 2. The smallest absolute Gasteiger partial charge is 0.261 e. The second kappa shape index (κ2) is 5.97. The summed E-state index contributed by atoms with van der Waals surface area (Å²) in [5.74, 6) is -0.828. The number of benzene rings is 2. The second-order valence-corrected chi connectivity index (χ2v) is 4.94. The highest BCUT2D eigenvalue weighted by Gasteiger charge is 2.34. The molecule has 22 heavy (non-hydrogen) atoms. The Kier molecular flexibility index (Phi) is 3.87. The van der Waals surface area contributed by atoms with Crippen LogP contribution in [0, 0.1) is 5.82 Å². The Morgan fingerprint density at radius 1 is 0.909 bits per heavy atom. The maximum atomic E-state index is 13.4. The van der Waals surface area contributed by atoms with Gasteiger partial charge in [0.1, 0.15) is 0 Å². The van der Waals surface area contributed by atoms with Gasteiger partial charge < -0.3 is 4.74 Å². The number of fused-ring (bicyclic) bond motifs is 1. The van der Waals surface area contributed by atoms with Gasteiger partial charge in [-0.05, 0) is 30.7 Å². The van der Waals surface area contributed by atoms with Crippen LogP contribution in [0.25, 0.3) is 0 Å². The molecule has 1 aliphatic heterocycles. The Bertz CT molecular complexity index is 694. The lowest BCUT2D eigenvalue weighted by Gasteiger charge is -2.14. The molecule has 2 amide bonds. The molecule has 1 aliphatic rings. The third kappa shape index (κ3) is 2.57.